The van der Waals surface area contributed by atoms with E-state index in [1.165, 1.54) is 0 Å². The fraction of sp³-hybridized carbons (Fsp3) is 0.462. The van der Waals surface area contributed by atoms with Crippen molar-refractivity contribution >= 4 is 17.6 Å². The maximum atomic E-state index is 12.1. The van der Waals surface area contributed by atoms with Crippen molar-refractivity contribution in [3.8, 4) is 0 Å². The quantitative estimate of drug-likeness (QED) is 0.860. The molecule has 0 saturated carbocycles. The van der Waals surface area contributed by atoms with Crippen molar-refractivity contribution in [3.63, 3.8) is 0 Å². The average Bonchev–Trinajstić information content (AvgIpc) is 2.39. The van der Waals surface area contributed by atoms with E-state index in [9.17, 15) is 9.59 Å². The van der Waals surface area contributed by atoms with Crippen molar-refractivity contribution < 1.29 is 14.7 Å². The highest BCUT2D eigenvalue weighted by molar-refractivity contribution is 5.95. The molecule has 1 aliphatic rings. The van der Waals surface area contributed by atoms with E-state index >= 15 is 0 Å². The van der Waals surface area contributed by atoms with Gasteiger partial charge in [0.05, 0.1) is 18.4 Å². The summed E-state index contributed by atoms with van der Waals surface area (Å²) in [7, 11) is 0. The third-order valence-corrected chi connectivity index (χ3v) is 3.36. The number of aryl methyl sites for hydroxylation is 1. The number of hydrogen-bond acceptors (Lipinski definition) is 4. The normalized spacial score (nSPS) is 18.4. The Hall–Kier alpha value is -1.95. The molecule has 1 unspecified atom stereocenters. The smallest absolute Gasteiger partial charge is 0.320 e. The first-order chi connectivity index (χ1) is 8.99. The molecule has 1 aromatic rings. The fourth-order valence-electron chi connectivity index (χ4n) is 2.07. The first kappa shape index (κ1) is 13.5. The Morgan fingerprint density at radius 3 is 2.68 bits per heavy atom. The average molecular weight is 263 g/mol. The Bertz CT molecular complexity index is 486. The Balaban J connectivity index is 2.07. The van der Waals surface area contributed by atoms with Gasteiger partial charge in [0.1, 0.15) is 6.04 Å². The molecule has 102 valence electrons. The largest absolute Gasteiger partial charge is 0.480 e. The van der Waals surface area contributed by atoms with E-state index in [2.05, 4.69) is 4.98 Å². The molecule has 1 amide bonds. The molecule has 1 aromatic heterocycles. The standard InChI is InChI=1S/C13H17N3O3/c1-9-3-4-11(7-14-9)16-6-5-15(8-12(16)17)10(2)13(18)19/h3-4,7,10H,5-6,8H2,1-2H3,(H,18,19). The minimum Gasteiger partial charge on any atom is -0.480 e. The highest BCUT2D eigenvalue weighted by Gasteiger charge is 2.30. The van der Waals surface area contributed by atoms with Gasteiger partial charge < -0.3 is 10.0 Å². The van der Waals surface area contributed by atoms with E-state index in [1.54, 1.807) is 22.9 Å². The van der Waals surface area contributed by atoms with Crippen molar-refractivity contribution in [3.05, 3.63) is 24.0 Å². The van der Waals surface area contributed by atoms with Gasteiger partial charge >= 0.3 is 5.97 Å². The van der Waals surface area contributed by atoms with Gasteiger partial charge in [-0.25, -0.2) is 0 Å². The molecule has 6 nitrogen and oxygen atoms in total. The highest BCUT2D eigenvalue weighted by atomic mass is 16.4. The number of rotatable bonds is 3. The summed E-state index contributed by atoms with van der Waals surface area (Å²) in [6, 6.07) is 3.08. The second-order valence-corrected chi connectivity index (χ2v) is 4.69. The summed E-state index contributed by atoms with van der Waals surface area (Å²) in [5, 5.41) is 8.96. The van der Waals surface area contributed by atoms with Crippen molar-refractivity contribution in [1.82, 2.24) is 9.88 Å². The number of aliphatic carboxylic acids is 1. The van der Waals surface area contributed by atoms with Crippen LogP contribution >= 0.6 is 0 Å². The van der Waals surface area contributed by atoms with E-state index in [0.717, 1.165) is 11.4 Å². The summed E-state index contributed by atoms with van der Waals surface area (Å²) in [4.78, 5) is 30.5. The second-order valence-electron chi connectivity index (χ2n) is 4.69. The lowest BCUT2D eigenvalue weighted by atomic mass is 10.2. The van der Waals surface area contributed by atoms with Crippen molar-refractivity contribution in [2.45, 2.75) is 19.9 Å². The third-order valence-electron chi connectivity index (χ3n) is 3.36. The first-order valence-electron chi connectivity index (χ1n) is 6.19. The van der Waals surface area contributed by atoms with Crippen LogP contribution in [0.4, 0.5) is 5.69 Å². The van der Waals surface area contributed by atoms with Crippen LogP contribution < -0.4 is 4.90 Å². The van der Waals surface area contributed by atoms with E-state index < -0.39 is 12.0 Å². The number of piperazine rings is 1. The Kier molecular flexibility index (Phi) is 3.80. The van der Waals surface area contributed by atoms with Crippen LogP contribution in [0.1, 0.15) is 12.6 Å². The van der Waals surface area contributed by atoms with Gasteiger partial charge in [-0.1, -0.05) is 0 Å². The van der Waals surface area contributed by atoms with Crippen molar-refractivity contribution in [2.24, 2.45) is 0 Å². The summed E-state index contributed by atoms with van der Waals surface area (Å²) in [6.45, 7) is 4.65. The van der Waals surface area contributed by atoms with Gasteiger partial charge in [-0.05, 0) is 26.0 Å². The Morgan fingerprint density at radius 2 is 2.16 bits per heavy atom. The zero-order chi connectivity index (χ0) is 14.0. The van der Waals surface area contributed by atoms with Gasteiger partial charge in [-0.3, -0.25) is 19.5 Å². The maximum Gasteiger partial charge on any atom is 0.320 e. The number of hydrogen-bond donors (Lipinski definition) is 1. The third kappa shape index (κ3) is 2.90. The molecular weight excluding hydrogens is 246 g/mol. The molecule has 1 aliphatic heterocycles. The van der Waals surface area contributed by atoms with Gasteiger partial charge in [-0.2, -0.15) is 0 Å². The van der Waals surface area contributed by atoms with E-state index in [-0.39, 0.29) is 12.5 Å². The lowest BCUT2D eigenvalue weighted by Crippen LogP contribution is -2.54. The minimum atomic E-state index is -0.904. The van der Waals surface area contributed by atoms with Gasteiger partial charge in [0.15, 0.2) is 0 Å². The van der Waals surface area contributed by atoms with Crippen molar-refractivity contribution in [2.75, 3.05) is 24.5 Å². The SMILES string of the molecule is Cc1ccc(N2CCN(C(C)C(=O)O)CC2=O)cn1. The molecule has 0 radical (unpaired) electrons. The molecule has 1 atom stereocenters. The number of carboxylic acids is 1. The number of carboxylic acid groups (broad SMARTS) is 1. The zero-order valence-electron chi connectivity index (χ0n) is 11.0. The lowest BCUT2D eigenvalue weighted by Gasteiger charge is -2.35. The number of nitrogens with zero attached hydrogens (tertiary/aromatic N) is 3. The number of aromatic nitrogens is 1. The molecule has 6 heteroatoms. The van der Waals surface area contributed by atoms with E-state index in [4.69, 9.17) is 5.11 Å². The fourth-order valence-corrected chi connectivity index (χ4v) is 2.07. The molecule has 1 saturated heterocycles. The first-order valence-corrected chi connectivity index (χ1v) is 6.19. The molecule has 19 heavy (non-hydrogen) atoms. The molecule has 1 fully saturated rings. The molecule has 0 aromatic carbocycles. The molecule has 2 rings (SSSR count). The lowest BCUT2D eigenvalue weighted by molar-refractivity contribution is -0.143. The molecule has 1 N–H and O–H groups in total. The molecule has 0 spiro atoms. The van der Waals surface area contributed by atoms with Crippen LogP contribution in [0, 0.1) is 6.92 Å². The van der Waals surface area contributed by atoms with Crippen LogP contribution in [0.2, 0.25) is 0 Å². The van der Waals surface area contributed by atoms with Crippen LogP contribution in [-0.2, 0) is 9.59 Å². The van der Waals surface area contributed by atoms with Crippen molar-refractivity contribution in [1.29, 1.82) is 0 Å². The van der Waals surface area contributed by atoms with Crippen LogP contribution in [0.5, 0.6) is 0 Å². The summed E-state index contributed by atoms with van der Waals surface area (Å²) in [5.74, 6) is -0.997. The summed E-state index contributed by atoms with van der Waals surface area (Å²) in [6.07, 6.45) is 1.67. The Morgan fingerprint density at radius 1 is 1.42 bits per heavy atom. The maximum absolute atomic E-state index is 12.1. The van der Waals surface area contributed by atoms with Gasteiger partial charge in [0, 0.05) is 18.8 Å². The van der Waals surface area contributed by atoms with Gasteiger partial charge in [0.25, 0.3) is 0 Å². The highest BCUT2D eigenvalue weighted by Crippen LogP contribution is 2.17. The Labute approximate surface area is 111 Å². The van der Waals surface area contributed by atoms with Gasteiger partial charge in [0.2, 0.25) is 5.91 Å². The monoisotopic (exact) mass is 263 g/mol. The topological polar surface area (TPSA) is 73.7 Å². The molecule has 2 heterocycles. The zero-order valence-corrected chi connectivity index (χ0v) is 11.0. The minimum absolute atomic E-state index is 0.0926. The summed E-state index contributed by atoms with van der Waals surface area (Å²) in [5.41, 5.74) is 1.66. The van der Waals surface area contributed by atoms with Crippen LogP contribution in [0.25, 0.3) is 0 Å². The van der Waals surface area contributed by atoms with Crippen LogP contribution in [0.3, 0.4) is 0 Å². The van der Waals surface area contributed by atoms with Gasteiger partial charge in [-0.15, -0.1) is 0 Å². The summed E-state index contributed by atoms with van der Waals surface area (Å²) < 4.78 is 0. The number of anilines is 1. The number of amides is 1. The number of carbonyl (C=O) groups is 2. The predicted molar refractivity (Wildman–Crippen MR) is 70.0 cm³/mol. The molecule has 0 aliphatic carbocycles. The van der Waals surface area contributed by atoms with E-state index in [1.807, 2.05) is 19.1 Å². The number of carbonyl (C=O) groups excluding carboxylic acids is 1. The molecule has 0 bridgehead atoms. The predicted octanol–water partition coefficient (Wildman–Crippen LogP) is 0.512. The van der Waals surface area contributed by atoms with Crippen LogP contribution in [0.15, 0.2) is 18.3 Å². The van der Waals surface area contributed by atoms with E-state index in [0.29, 0.717) is 13.1 Å². The summed E-state index contributed by atoms with van der Waals surface area (Å²) >= 11 is 0. The second kappa shape index (κ2) is 5.36. The molecular formula is C13H17N3O3. The van der Waals surface area contributed by atoms with Crippen LogP contribution in [-0.4, -0.2) is 52.5 Å². The number of pyridine rings is 1.